The van der Waals surface area contributed by atoms with Gasteiger partial charge in [0.25, 0.3) is 0 Å². The van der Waals surface area contributed by atoms with Gasteiger partial charge in [-0.05, 0) is 20.6 Å². The smallest absolute Gasteiger partial charge is 0.0526 e. The summed E-state index contributed by atoms with van der Waals surface area (Å²) in [5.41, 5.74) is 5.45. The zero-order chi connectivity index (χ0) is 8.69. The van der Waals surface area contributed by atoms with Gasteiger partial charge in [-0.25, -0.2) is 0 Å². The Hall–Kier alpha value is -0.160. The van der Waals surface area contributed by atoms with E-state index in [0.717, 1.165) is 19.9 Å². The Morgan fingerprint density at radius 3 is 2.45 bits per heavy atom. The van der Waals surface area contributed by atoms with Crippen LogP contribution in [-0.4, -0.2) is 50.4 Å². The first kappa shape index (κ1) is 10.8. The van der Waals surface area contributed by atoms with Crippen molar-refractivity contribution in [3.8, 4) is 0 Å². The summed E-state index contributed by atoms with van der Waals surface area (Å²) >= 11 is 0. The van der Waals surface area contributed by atoms with Gasteiger partial charge in [0.15, 0.2) is 0 Å². The first-order chi connectivity index (χ1) is 5.24. The quantitative estimate of drug-likeness (QED) is 0.504. The van der Waals surface area contributed by atoms with Crippen molar-refractivity contribution in [2.24, 2.45) is 5.73 Å². The van der Waals surface area contributed by atoms with E-state index in [-0.39, 0.29) is 0 Å². The van der Waals surface area contributed by atoms with Gasteiger partial charge in [0.05, 0.1) is 6.67 Å². The zero-order valence-corrected chi connectivity index (χ0v) is 7.80. The van der Waals surface area contributed by atoms with Crippen molar-refractivity contribution < 1.29 is 0 Å². The molecule has 68 valence electrons. The highest BCUT2D eigenvalue weighted by Crippen LogP contribution is 1.86. The van der Waals surface area contributed by atoms with Gasteiger partial charge >= 0.3 is 0 Å². The molecular weight excluding hydrogens is 140 g/mol. The Morgan fingerprint density at radius 2 is 2.09 bits per heavy atom. The van der Waals surface area contributed by atoms with Gasteiger partial charge in [-0.2, -0.15) is 0 Å². The Bertz CT molecular complexity index is 86.5. The van der Waals surface area contributed by atoms with Crippen molar-refractivity contribution >= 4 is 0 Å². The highest BCUT2D eigenvalue weighted by Gasteiger charge is 2.02. The predicted molar refractivity (Wildman–Crippen MR) is 48.0 cm³/mol. The monoisotopic (exact) mass is 160 g/mol. The molecule has 0 aromatic rings. The molecule has 4 heteroatoms. The van der Waals surface area contributed by atoms with Crippen LogP contribution in [0.4, 0.5) is 0 Å². The van der Waals surface area contributed by atoms with Gasteiger partial charge in [-0.3, -0.25) is 9.80 Å². The van der Waals surface area contributed by atoms with Crippen LogP contribution >= 0.6 is 0 Å². The summed E-state index contributed by atoms with van der Waals surface area (Å²) in [5, 5.41) is 3.11. The molecule has 0 heterocycles. The summed E-state index contributed by atoms with van der Waals surface area (Å²) in [6, 6.07) is 0. The number of rotatable bonds is 6. The molecule has 0 saturated carbocycles. The van der Waals surface area contributed by atoms with Gasteiger partial charge in [0.2, 0.25) is 0 Å². The van der Waals surface area contributed by atoms with E-state index >= 15 is 0 Å². The number of hydrogen-bond acceptors (Lipinski definition) is 4. The summed E-state index contributed by atoms with van der Waals surface area (Å²) in [7, 11) is 3.96. The lowest BCUT2D eigenvalue weighted by Gasteiger charge is -2.25. The molecule has 0 amide bonds. The van der Waals surface area contributed by atoms with E-state index in [1.165, 1.54) is 0 Å². The highest BCUT2D eigenvalue weighted by atomic mass is 15.3. The predicted octanol–water partition coefficient (Wildman–Crippen LogP) is -0.709. The third kappa shape index (κ3) is 5.15. The summed E-state index contributed by atoms with van der Waals surface area (Å²) in [6.45, 7) is 5.64. The third-order valence-corrected chi connectivity index (χ3v) is 1.58. The van der Waals surface area contributed by atoms with Crippen LogP contribution in [0.2, 0.25) is 0 Å². The van der Waals surface area contributed by atoms with Crippen molar-refractivity contribution in [3.05, 3.63) is 0 Å². The molecule has 0 unspecified atom stereocenters. The van der Waals surface area contributed by atoms with Crippen molar-refractivity contribution in [2.45, 2.75) is 6.92 Å². The normalized spacial score (nSPS) is 11.5. The Labute approximate surface area is 69.3 Å². The van der Waals surface area contributed by atoms with Crippen molar-refractivity contribution in [1.29, 1.82) is 0 Å². The van der Waals surface area contributed by atoms with Crippen LogP contribution < -0.4 is 11.1 Å². The Balaban J connectivity index is 3.49. The second-order valence-corrected chi connectivity index (χ2v) is 2.68. The average molecular weight is 160 g/mol. The maximum atomic E-state index is 5.45. The third-order valence-electron chi connectivity index (χ3n) is 1.58. The van der Waals surface area contributed by atoms with E-state index in [1.807, 2.05) is 14.1 Å². The van der Waals surface area contributed by atoms with Crippen molar-refractivity contribution in [1.82, 2.24) is 15.1 Å². The molecule has 0 aromatic carbocycles. The highest BCUT2D eigenvalue weighted by molar-refractivity contribution is 4.51. The van der Waals surface area contributed by atoms with E-state index in [0.29, 0.717) is 6.67 Å². The summed E-state index contributed by atoms with van der Waals surface area (Å²) in [5.74, 6) is 0. The molecule has 0 atom stereocenters. The maximum Gasteiger partial charge on any atom is 0.0526 e. The average Bonchev–Trinajstić information content (AvgIpc) is 2.03. The first-order valence-electron chi connectivity index (χ1n) is 4.00. The van der Waals surface area contributed by atoms with E-state index < -0.39 is 0 Å². The van der Waals surface area contributed by atoms with E-state index in [9.17, 15) is 0 Å². The summed E-state index contributed by atoms with van der Waals surface area (Å²) in [6.07, 6.45) is 0. The minimum Gasteiger partial charge on any atom is -0.318 e. The molecule has 11 heavy (non-hydrogen) atoms. The van der Waals surface area contributed by atoms with Crippen molar-refractivity contribution in [2.75, 3.05) is 40.6 Å². The molecule has 4 nitrogen and oxygen atoms in total. The fourth-order valence-electron chi connectivity index (χ4n) is 0.885. The molecule has 0 aliphatic carbocycles. The molecule has 0 aliphatic rings. The number of hydrogen-bond donors (Lipinski definition) is 2. The van der Waals surface area contributed by atoms with E-state index in [4.69, 9.17) is 5.73 Å². The van der Waals surface area contributed by atoms with Crippen LogP contribution in [0.3, 0.4) is 0 Å². The molecule has 0 aromatic heterocycles. The van der Waals surface area contributed by atoms with Crippen LogP contribution in [0.1, 0.15) is 6.92 Å². The lowest BCUT2D eigenvalue weighted by molar-refractivity contribution is 0.156. The fourth-order valence-corrected chi connectivity index (χ4v) is 0.885. The molecule has 0 radical (unpaired) electrons. The standard InChI is InChI=1S/C7H20N4/c1-4-11(6-9-2)7-10(3)5-8/h9H,4-8H2,1-3H3. The van der Waals surface area contributed by atoms with Crippen LogP contribution in [0.25, 0.3) is 0 Å². The van der Waals surface area contributed by atoms with Crippen LogP contribution in [-0.2, 0) is 0 Å². The molecule has 0 fully saturated rings. The lowest BCUT2D eigenvalue weighted by Crippen LogP contribution is -2.41. The zero-order valence-electron chi connectivity index (χ0n) is 7.80. The fraction of sp³-hybridized carbons (Fsp3) is 1.00. The molecule has 0 rings (SSSR count). The first-order valence-corrected chi connectivity index (χ1v) is 4.00. The molecule has 0 saturated heterocycles. The topological polar surface area (TPSA) is 44.5 Å². The molecule has 0 spiro atoms. The van der Waals surface area contributed by atoms with Crippen LogP contribution in [0.5, 0.6) is 0 Å². The Morgan fingerprint density at radius 1 is 1.45 bits per heavy atom. The van der Waals surface area contributed by atoms with E-state index in [1.54, 1.807) is 0 Å². The van der Waals surface area contributed by atoms with E-state index in [2.05, 4.69) is 22.0 Å². The summed E-state index contributed by atoms with van der Waals surface area (Å²) < 4.78 is 0. The number of nitrogens with two attached hydrogens (primary N) is 1. The second-order valence-electron chi connectivity index (χ2n) is 2.68. The van der Waals surface area contributed by atoms with Crippen molar-refractivity contribution in [3.63, 3.8) is 0 Å². The van der Waals surface area contributed by atoms with Crippen LogP contribution in [0, 0.1) is 0 Å². The van der Waals surface area contributed by atoms with Gasteiger partial charge in [0.1, 0.15) is 0 Å². The van der Waals surface area contributed by atoms with Crippen LogP contribution in [0.15, 0.2) is 0 Å². The SMILES string of the molecule is CCN(CNC)CN(C)CN. The maximum absolute atomic E-state index is 5.45. The molecule has 3 N–H and O–H groups in total. The van der Waals surface area contributed by atoms with Gasteiger partial charge in [0, 0.05) is 13.3 Å². The van der Waals surface area contributed by atoms with Gasteiger partial charge < -0.3 is 11.1 Å². The summed E-state index contributed by atoms with van der Waals surface area (Å²) in [4.78, 5) is 4.34. The largest absolute Gasteiger partial charge is 0.318 e. The molecule has 0 bridgehead atoms. The minimum atomic E-state index is 0.611. The number of nitrogens with one attached hydrogen (secondary N) is 1. The molecular formula is C7H20N4. The lowest BCUT2D eigenvalue weighted by atomic mass is 10.6. The number of nitrogens with zero attached hydrogens (tertiary/aromatic N) is 2. The van der Waals surface area contributed by atoms with Gasteiger partial charge in [-0.15, -0.1) is 0 Å². The van der Waals surface area contributed by atoms with Gasteiger partial charge in [-0.1, -0.05) is 6.92 Å². The Kier molecular flexibility index (Phi) is 6.45. The molecule has 0 aliphatic heterocycles. The minimum absolute atomic E-state index is 0.611. The second kappa shape index (κ2) is 6.54.